The fraction of sp³-hybridized carbons (Fsp3) is 0.0476. The van der Waals surface area contributed by atoms with Crippen molar-refractivity contribution in [2.75, 3.05) is 5.32 Å². The summed E-state index contributed by atoms with van der Waals surface area (Å²) in [7, 11) is 0. The Labute approximate surface area is 160 Å². The summed E-state index contributed by atoms with van der Waals surface area (Å²) in [6.45, 7) is 0.701. The molecule has 0 atom stereocenters. The summed E-state index contributed by atoms with van der Waals surface area (Å²) in [6.07, 6.45) is 7.42. The van der Waals surface area contributed by atoms with Crippen LogP contribution in [0.1, 0.15) is 5.56 Å². The Balaban J connectivity index is 1.66. The molecule has 0 amide bonds. The predicted molar refractivity (Wildman–Crippen MR) is 109 cm³/mol. The van der Waals surface area contributed by atoms with Crippen LogP contribution in [-0.4, -0.2) is 19.4 Å². The van der Waals surface area contributed by atoms with E-state index in [2.05, 4.69) is 27.4 Å². The van der Waals surface area contributed by atoms with Gasteiger partial charge in [0, 0.05) is 46.6 Å². The smallest absolute Gasteiger partial charge is 0.157 e. The average molecular weight is 374 g/mol. The van der Waals surface area contributed by atoms with Crippen molar-refractivity contribution in [3.05, 3.63) is 83.9 Å². The fourth-order valence-corrected chi connectivity index (χ4v) is 3.51. The summed E-state index contributed by atoms with van der Waals surface area (Å²) in [5.41, 5.74) is 4.90. The molecule has 0 unspecified atom stereocenters. The van der Waals surface area contributed by atoms with Crippen molar-refractivity contribution in [3.63, 3.8) is 0 Å². The van der Waals surface area contributed by atoms with Crippen molar-refractivity contribution in [1.82, 2.24) is 19.4 Å². The topological polar surface area (TPSA) is 58.0 Å². The minimum Gasteiger partial charge on any atom is -0.365 e. The van der Waals surface area contributed by atoms with E-state index in [9.17, 15) is 0 Å². The van der Waals surface area contributed by atoms with E-state index in [1.807, 2.05) is 53.2 Å². The van der Waals surface area contributed by atoms with Gasteiger partial charge in [-0.1, -0.05) is 41.9 Å². The van der Waals surface area contributed by atoms with Crippen LogP contribution in [0.15, 0.2) is 73.3 Å². The third-order valence-electron chi connectivity index (χ3n) is 4.63. The molecule has 5 rings (SSSR count). The minimum absolute atomic E-state index is 0.701. The Morgan fingerprint density at radius 3 is 2.89 bits per heavy atom. The molecule has 6 heteroatoms. The van der Waals surface area contributed by atoms with Crippen molar-refractivity contribution in [1.29, 1.82) is 0 Å². The molecular weight excluding hydrogens is 358 g/mol. The highest BCUT2D eigenvalue weighted by molar-refractivity contribution is 6.31. The lowest BCUT2D eigenvalue weighted by molar-refractivity contribution is 1.07. The van der Waals surface area contributed by atoms with Gasteiger partial charge in [-0.15, -0.1) is 0 Å². The Hall–Kier alpha value is -3.31. The number of imidazole rings is 1. The van der Waals surface area contributed by atoms with Crippen molar-refractivity contribution < 1.29 is 0 Å². The van der Waals surface area contributed by atoms with Crippen molar-refractivity contribution >= 4 is 34.0 Å². The summed E-state index contributed by atoms with van der Waals surface area (Å²) in [5.74, 6) is 0.928. The van der Waals surface area contributed by atoms with Gasteiger partial charge in [-0.3, -0.25) is 9.38 Å². The van der Waals surface area contributed by atoms with Crippen LogP contribution in [0.25, 0.3) is 27.8 Å². The maximum Gasteiger partial charge on any atom is 0.157 e. The molecule has 0 aliphatic rings. The summed E-state index contributed by atoms with van der Waals surface area (Å²) < 4.78 is 2.02. The second-order valence-electron chi connectivity index (χ2n) is 6.34. The number of nitrogens with one attached hydrogen (secondary N) is 2. The van der Waals surface area contributed by atoms with Gasteiger partial charge in [0.15, 0.2) is 5.65 Å². The van der Waals surface area contributed by atoms with E-state index in [0.717, 1.165) is 33.6 Å². The van der Waals surface area contributed by atoms with Gasteiger partial charge < -0.3 is 10.3 Å². The first-order valence-corrected chi connectivity index (χ1v) is 9.04. The van der Waals surface area contributed by atoms with Gasteiger partial charge in [-0.25, -0.2) is 4.98 Å². The van der Waals surface area contributed by atoms with Gasteiger partial charge in [0.25, 0.3) is 0 Å². The maximum atomic E-state index is 6.23. The Morgan fingerprint density at radius 1 is 1.11 bits per heavy atom. The van der Waals surface area contributed by atoms with Crippen LogP contribution in [-0.2, 0) is 6.54 Å². The highest BCUT2D eigenvalue weighted by atomic mass is 35.5. The van der Waals surface area contributed by atoms with Crippen LogP contribution < -0.4 is 5.32 Å². The molecule has 0 saturated heterocycles. The molecule has 0 saturated carbocycles. The van der Waals surface area contributed by atoms with Crippen LogP contribution in [0.3, 0.4) is 0 Å². The van der Waals surface area contributed by atoms with E-state index < -0.39 is 0 Å². The highest BCUT2D eigenvalue weighted by Crippen LogP contribution is 2.35. The number of rotatable bonds is 4. The molecule has 5 nitrogen and oxygen atoms in total. The third kappa shape index (κ3) is 2.82. The van der Waals surface area contributed by atoms with Gasteiger partial charge in [0.2, 0.25) is 0 Å². The Bertz CT molecular complexity index is 1240. The zero-order valence-corrected chi connectivity index (χ0v) is 15.1. The number of anilines is 1. The zero-order valence-electron chi connectivity index (χ0n) is 14.4. The molecular formula is C21H16ClN5. The Kier molecular flexibility index (Phi) is 3.80. The number of fused-ring (bicyclic) bond motifs is 2. The molecule has 2 aromatic carbocycles. The SMILES string of the molecule is Clc1ccc2[nH]cc(-c3nc4cnccn4c3NCc3ccccc3)c2c1. The standard InChI is InChI=1S/C21H16ClN5/c22-15-6-7-18-16(10-15)17(12-24-18)20-21(25-11-14-4-2-1-3-5-14)27-9-8-23-13-19(27)26-20/h1-10,12-13,24-25H,11H2. The summed E-state index contributed by atoms with van der Waals surface area (Å²) in [5, 5.41) is 5.29. The molecule has 27 heavy (non-hydrogen) atoms. The molecule has 0 bridgehead atoms. The number of hydrogen-bond acceptors (Lipinski definition) is 3. The lowest BCUT2D eigenvalue weighted by Crippen LogP contribution is -2.03. The summed E-state index contributed by atoms with van der Waals surface area (Å²) in [4.78, 5) is 12.3. The minimum atomic E-state index is 0.701. The molecule has 0 spiro atoms. The van der Waals surface area contributed by atoms with Gasteiger partial charge in [0.05, 0.1) is 6.20 Å². The lowest BCUT2D eigenvalue weighted by Gasteiger charge is -2.08. The molecule has 2 N–H and O–H groups in total. The quantitative estimate of drug-likeness (QED) is 0.458. The number of hydrogen-bond donors (Lipinski definition) is 2. The monoisotopic (exact) mass is 373 g/mol. The van der Waals surface area contributed by atoms with Crippen molar-refractivity contribution in [2.45, 2.75) is 6.54 Å². The molecule has 5 aromatic rings. The third-order valence-corrected chi connectivity index (χ3v) is 4.87. The summed E-state index contributed by atoms with van der Waals surface area (Å²) >= 11 is 6.23. The van der Waals surface area contributed by atoms with Crippen LogP contribution in [0.5, 0.6) is 0 Å². The first kappa shape index (κ1) is 15.9. The second-order valence-corrected chi connectivity index (χ2v) is 6.78. The lowest BCUT2D eigenvalue weighted by atomic mass is 10.1. The summed E-state index contributed by atoms with van der Waals surface area (Å²) in [6, 6.07) is 16.1. The first-order valence-electron chi connectivity index (χ1n) is 8.66. The van der Waals surface area contributed by atoms with E-state index in [-0.39, 0.29) is 0 Å². The van der Waals surface area contributed by atoms with E-state index in [4.69, 9.17) is 16.6 Å². The van der Waals surface area contributed by atoms with E-state index >= 15 is 0 Å². The second kappa shape index (κ2) is 6.45. The van der Waals surface area contributed by atoms with Gasteiger partial charge in [0.1, 0.15) is 11.5 Å². The zero-order chi connectivity index (χ0) is 18.2. The van der Waals surface area contributed by atoms with Gasteiger partial charge >= 0.3 is 0 Å². The molecule has 0 aliphatic heterocycles. The normalized spacial score (nSPS) is 11.3. The van der Waals surface area contributed by atoms with E-state index in [1.54, 1.807) is 12.4 Å². The number of aromatic amines is 1. The number of halogens is 1. The fourth-order valence-electron chi connectivity index (χ4n) is 3.33. The number of benzene rings is 2. The molecule has 3 heterocycles. The highest BCUT2D eigenvalue weighted by Gasteiger charge is 2.17. The van der Waals surface area contributed by atoms with Gasteiger partial charge in [-0.2, -0.15) is 0 Å². The number of nitrogens with zero attached hydrogens (tertiary/aromatic N) is 3. The largest absolute Gasteiger partial charge is 0.365 e. The van der Waals surface area contributed by atoms with Crippen molar-refractivity contribution in [2.24, 2.45) is 0 Å². The van der Waals surface area contributed by atoms with E-state index in [0.29, 0.717) is 11.6 Å². The van der Waals surface area contributed by atoms with Crippen LogP contribution in [0, 0.1) is 0 Å². The van der Waals surface area contributed by atoms with Crippen molar-refractivity contribution in [3.8, 4) is 11.3 Å². The first-order chi connectivity index (χ1) is 13.3. The molecule has 132 valence electrons. The molecule has 0 aliphatic carbocycles. The Morgan fingerprint density at radius 2 is 2.00 bits per heavy atom. The molecule has 3 aromatic heterocycles. The van der Waals surface area contributed by atoms with Crippen LogP contribution in [0.2, 0.25) is 5.02 Å². The predicted octanol–water partition coefficient (Wildman–Crippen LogP) is 5.14. The maximum absolute atomic E-state index is 6.23. The average Bonchev–Trinajstić information content (AvgIpc) is 3.27. The molecule has 0 radical (unpaired) electrons. The number of H-pyrrole nitrogens is 1. The van der Waals surface area contributed by atoms with Gasteiger partial charge in [-0.05, 0) is 23.8 Å². The van der Waals surface area contributed by atoms with Crippen LogP contribution >= 0.6 is 11.6 Å². The van der Waals surface area contributed by atoms with Crippen LogP contribution in [0.4, 0.5) is 5.82 Å². The number of aromatic nitrogens is 4. The van der Waals surface area contributed by atoms with E-state index in [1.165, 1.54) is 5.56 Å². The molecule has 0 fully saturated rings.